The number of carbonyl (C=O) groups excluding carboxylic acids is 2. The molecule has 122 valence electrons. The molecule has 1 aromatic rings. The van der Waals surface area contributed by atoms with Crippen LogP contribution >= 0.6 is 0 Å². The Balaban J connectivity index is 1.46. The molecular formula is C18H22N2O3. The number of para-hydroxylation sites is 1. The highest BCUT2D eigenvalue weighted by molar-refractivity contribution is 5.96. The number of anilines is 1. The highest BCUT2D eigenvalue weighted by Gasteiger charge is 2.49. The first kappa shape index (κ1) is 14.7. The molecule has 3 aliphatic heterocycles. The van der Waals surface area contributed by atoms with Gasteiger partial charge in [0.1, 0.15) is 6.10 Å². The summed E-state index contributed by atoms with van der Waals surface area (Å²) in [5.74, 6) is 0.285. The van der Waals surface area contributed by atoms with Gasteiger partial charge in [0.15, 0.2) is 0 Å². The largest absolute Gasteiger partial charge is 0.368 e. The second-order valence-corrected chi connectivity index (χ2v) is 7.00. The van der Waals surface area contributed by atoms with E-state index < -0.39 is 0 Å². The summed E-state index contributed by atoms with van der Waals surface area (Å²) in [5.41, 5.74) is 0.875. The van der Waals surface area contributed by atoms with Crippen molar-refractivity contribution in [2.75, 3.05) is 31.1 Å². The number of carbonyl (C=O) groups is 2. The van der Waals surface area contributed by atoms with E-state index >= 15 is 0 Å². The van der Waals surface area contributed by atoms with Crippen molar-refractivity contribution in [3.8, 4) is 0 Å². The average Bonchev–Trinajstić information content (AvgIpc) is 3.29. The van der Waals surface area contributed by atoms with E-state index in [1.54, 1.807) is 0 Å². The van der Waals surface area contributed by atoms with Crippen LogP contribution in [-0.4, -0.2) is 49.1 Å². The molecule has 0 aliphatic carbocycles. The van der Waals surface area contributed by atoms with Gasteiger partial charge in [-0.3, -0.25) is 9.59 Å². The SMILES string of the molecule is O=C([C@H]1CCCO1)N1CC[C@@]2(CC(=O)N(c3ccccc3)C2)C1. The maximum atomic E-state index is 12.5. The molecule has 1 aromatic carbocycles. The lowest BCUT2D eigenvalue weighted by atomic mass is 9.86. The first-order valence-electron chi connectivity index (χ1n) is 8.43. The Hall–Kier alpha value is -1.88. The van der Waals surface area contributed by atoms with Gasteiger partial charge < -0.3 is 14.5 Å². The topological polar surface area (TPSA) is 49.9 Å². The summed E-state index contributed by atoms with van der Waals surface area (Å²) >= 11 is 0. The number of benzene rings is 1. The Morgan fingerprint density at radius 3 is 2.78 bits per heavy atom. The second-order valence-electron chi connectivity index (χ2n) is 7.00. The number of hydrogen-bond donors (Lipinski definition) is 0. The minimum Gasteiger partial charge on any atom is -0.368 e. The Kier molecular flexibility index (Phi) is 3.60. The second kappa shape index (κ2) is 5.64. The van der Waals surface area contributed by atoms with Gasteiger partial charge in [-0.15, -0.1) is 0 Å². The van der Waals surface area contributed by atoms with Gasteiger partial charge in [-0.1, -0.05) is 18.2 Å². The molecule has 0 unspecified atom stereocenters. The molecule has 0 saturated carbocycles. The van der Waals surface area contributed by atoms with Crippen LogP contribution in [0.2, 0.25) is 0 Å². The lowest BCUT2D eigenvalue weighted by Crippen LogP contribution is -2.39. The van der Waals surface area contributed by atoms with Crippen molar-refractivity contribution in [2.24, 2.45) is 5.41 Å². The maximum Gasteiger partial charge on any atom is 0.251 e. The molecule has 0 aromatic heterocycles. The minimum atomic E-state index is -0.257. The van der Waals surface area contributed by atoms with Gasteiger partial charge in [-0.2, -0.15) is 0 Å². The van der Waals surface area contributed by atoms with Crippen molar-refractivity contribution >= 4 is 17.5 Å². The van der Waals surface area contributed by atoms with Crippen molar-refractivity contribution in [3.05, 3.63) is 30.3 Å². The van der Waals surface area contributed by atoms with Crippen molar-refractivity contribution in [2.45, 2.75) is 31.8 Å². The van der Waals surface area contributed by atoms with Crippen molar-refractivity contribution in [1.29, 1.82) is 0 Å². The number of hydrogen-bond acceptors (Lipinski definition) is 3. The monoisotopic (exact) mass is 314 g/mol. The zero-order chi connectivity index (χ0) is 15.9. The molecule has 0 N–H and O–H groups in total. The molecule has 1 spiro atoms. The normalized spacial score (nSPS) is 30.6. The van der Waals surface area contributed by atoms with Gasteiger partial charge in [-0.05, 0) is 31.4 Å². The van der Waals surface area contributed by atoms with E-state index in [0.717, 1.165) is 31.5 Å². The highest BCUT2D eigenvalue weighted by atomic mass is 16.5. The molecule has 5 heteroatoms. The van der Waals surface area contributed by atoms with Crippen LogP contribution in [0.3, 0.4) is 0 Å². The van der Waals surface area contributed by atoms with Crippen LogP contribution < -0.4 is 4.90 Å². The minimum absolute atomic E-state index is 0.0822. The highest BCUT2D eigenvalue weighted by Crippen LogP contribution is 2.42. The fourth-order valence-corrected chi connectivity index (χ4v) is 4.11. The van der Waals surface area contributed by atoms with Crippen LogP contribution in [-0.2, 0) is 14.3 Å². The van der Waals surface area contributed by atoms with Crippen molar-refractivity contribution in [1.82, 2.24) is 4.90 Å². The van der Waals surface area contributed by atoms with E-state index in [9.17, 15) is 9.59 Å². The fourth-order valence-electron chi connectivity index (χ4n) is 4.11. The van der Waals surface area contributed by atoms with Crippen LogP contribution in [0.15, 0.2) is 30.3 Å². The van der Waals surface area contributed by atoms with Crippen molar-refractivity contribution in [3.63, 3.8) is 0 Å². The standard InChI is InChI=1S/C18H22N2O3/c21-16-11-18(13-20(16)14-5-2-1-3-6-14)8-9-19(12-18)17(22)15-7-4-10-23-15/h1-3,5-6,15H,4,7-13H2/t15-,18-/m1/s1. The number of rotatable bonds is 2. The molecule has 2 atom stereocenters. The Labute approximate surface area is 136 Å². The third kappa shape index (κ3) is 2.63. The van der Waals surface area contributed by atoms with Crippen LogP contribution in [0.5, 0.6) is 0 Å². The van der Waals surface area contributed by atoms with Crippen molar-refractivity contribution < 1.29 is 14.3 Å². The van der Waals surface area contributed by atoms with Crippen LogP contribution in [0.1, 0.15) is 25.7 Å². The molecule has 3 saturated heterocycles. The summed E-state index contributed by atoms with van der Waals surface area (Å²) in [5, 5.41) is 0. The van der Waals surface area contributed by atoms with E-state index in [4.69, 9.17) is 4.74 Å². The predicted molar refractivity (Wildman–Crippen MR) is 86.0 cm³/mol. The molecule has 3 fully saturated rings. The first-order chi connectivity index (χ1) is 11.2. The average molecular weight is 314 g/mol. The van der Waals surface area contributed by atoms with E-state index in [1.807, 2.05) is 40.1 Å². The van der Waals surface area contributed by atoms with Gasteiger partial charge in [-0.25, -0.2) is 0 Å². The lowest BCUT2D eigenvalue weighted by Gasteiger charge is -2.25. The lowest BCUT2D eigenvalue weighted by molar-refractivity contribution is -0.140. The molecule has 3 heterocycles. The maximum absolute atomic E-state index is 12.5. The quantitative estimate of drug-likeness (QED) is 0.837. The third-order valence-electron chi connectivity index (χ3n) is 5.34. The zero-order valence-corrected chi connectivity index (χ0v) is 13.2. The number of likely N-dealkylation sites (tertiary alicyclic amines) is 1. The molecular weight excluding hydrogens is 292 g/mol. The number of ether oxygens (including phenoxy) is 1. The first-order valence-corrected chi connectivity index (χ1v) is 8.43. The summed E-state index contributed by atoms with van der Waals surface area (Å²) in [6, 6.07) is 9.81. The van der Waals surface area contributed by atoms with Crippen LogP contribution in [0, 0.1) is 5.41 Å². The van der Waals surface area contributed by atoms with Gasteiger partial charge in [0.2, 0.25) is 5.91 Å². The molecule has 3 aliphatic rings. The van der Waals surface area contributed by atoms with E-state index in [-0.39, 0.29) is 23.3 Å². The summed E-state index contributed by atoms with van der Waals surface area (Å²) < 4.78 is 5.52. The molecule has 2 amide bonds. The summed E-state index contributed by atoms with van der Waals surface area (Å²) in [7, 11) is 0. The van der Waals surface area contributed by atoms with Gasteiger partial charge in [0.25, 0.3) is 5.91 Å². The Morgan fingerprint density at radius 1 is 1.22 bits per heavy atom. The zero-order valence-electron chi connectivity index (χ0n) is 13.2. The fraction of sp³-hybridized carbons (Fsp3) is 0.556. The van der Waals surface area contributed by atoms with E-state index in [2.05, 4.69) is 0 Å². The summed E-state index contributed by atoms with van der Waals surface area (Å²) in [6.45, 7) is 2.83. The van der Waals surface area contributed by atoms with Crippen LogP contribution in [0.25, 0.3) is 0 Å². The van der Waals surface area contributed by atoms with Gasteiger partial charge in [0, 0.05) is 43.8 Å². The van der Waals surface area contributed by atoms with Gasteiger partial charge in [0.05, 0.1) is 0 Å². The molecule has 4 rings (SSSR count). The predicted octanol–water partition coefficient (Wildman–Crippen LogP) is 1.82. The molecule has 0 radical (unpaired) electrons. The summed E-state index contributed by atoms with van der Waals surface area (Å²) in [6.07, 6.45) is 2.98. The van der Waals surface area contributed by atoms with E-state index in [0.29, 0.717) is 26.1 Å². The smallest absolute Gasteiger partial charge is 0.251 e. The third-order valence-corrected chi connectivity index (χ3v) is 5.34. The van der Waals surface area contributed by atoms with Gasteiger partial charge >= 0.3 is 0 Å². The number of amides is 2. The molecule has 23 heavy (non-hydrogen) atoms. The summed E-state index contributed by atoms with van der Waals surface area (Å²) in [4.78, 5) is 28.8. The Bertz CT molecular complexity index is 612. The molecule has 5 nitrogen and oxygen atoms in total. The number of nitrogens with zero attached hydrogens (tertiary/aromatic N) is 2. The Morgan fingerprint density at radius 2 is 2.04 bits per heavy atom. The van der Waals surface area contributed by atoms with Crippen LogP contribution in [0.4, 0.5) is 5.69 Å². The molecule has 0 bridgehead atoms. The van der Waals surface area contributed by atoms with E-state index in [1.165, 1.54) is 0 Å².